The maximum Gasteiger partial charge on any atom is 0.254 e. The number of benzene rings is 2. The van der Waals surface area contributed by atoms with Gasteiger partial charge in [0, 0.05) is 22.7 Å². The molecule has 3 aromatic rings. The van der Waals surface area contributed by atoms with Gasteiger partial charge in [-0.05, 0) is 67.6 Å². The second-order valence-corrected chi connectivity index (χ2v) is 7.86. The topological polar surface area (TPSA) is 59.2 Å². The zero-order valence-corrected chi connectivity index (χ0v) is 17.2. The highest BCUT2D eigenvalue weighted by Gasteiger charge is 2.34. The first-order chi connectivity index (χ1) is 14.2. The Morgan fingerprint density at radius 1 is 1.17 bits per heavy atom. The normalized spacial score (nSPS) is 16.3. The van der Waals surface area contributed by atoms with Gasteiger partial charge in [0.25, 0.3) is 5.91 Å². The third-order valence-corrected chi connectivity index (χ3v) is 5.61. The number of nitrogens with zero attached hydrogens (tertiary/aromatic N) is 3. The van der Waals surface area contributed by atoms with Crippen LogP contribution >= 0.6 is 11.6 Å². The molecule has 6 heteroatoms. The van der Waals surface area contributed by atoms with E-state index in [0.29, 0.717) is 28.8 Å². The molecule has 1 amide bonds. The molecule has 0 unspecified atom stereocenters. The van der Waals surface area contributed by atoms with E-state index in [4.69, 9.17) is 16.1 Å². The van der Waals surface area contributed by atoms with Crippen LogP contribution in [0.2, 0.25) is 5.02 Å². The largest absolute Gasteiger partial charge is 0.337 e. The van der Waals surface area contributed by atoms with Crippen molar-refractivity contribution in [3.8, 4) is 11.4 Å². The molecule has 5 nitrogen and oxygen atoms in total. The zero-order valence-electron chi connectivity index (χ0n) is 16.5. The van der Waals surface area contributed by atoms with Crippen molar-refractivity contribution in [3.63, 3.8) is 0 Å². The van der Waals surface area contributed by atoms with Gasteiger partial charge in [-0.25, -0.2) is 0 Å². The van der Waals surface area contributed by atoms with Gasteiger partial charge in [-0.3, -0.25) is 4.79 Å². The number of aryl methyl sites for hydroxylation is 1. The summed E-state index contributed by atoms with van der Waals surface area (Å²) in [6.07, 6.45) is 5.12. The van der Waals surface area contributed by atoms with E-state index in [1.807, 2.05) is 29.2 Å². The molecule has 0 spiro atoms. The maximum absolute atomic E-state index is 13.1. The molecule has 0 bridgehead atoms. The molecule has 1 atom stereocenters. The van der Waals surface area contributed by atoms with Crippen LogP contribution in [0.15, 0.2) is 53.1 Å². The lowest BCUT2D eigenvalue weighted by Crippen LogP contribution is -2.30. The Balaban J connectivity index is 1.50. The van der Waals surface area contributed by atoms with Crippen LogP contribution in [0.1, 0.15) is 60.5 Å². The number of likely N-dealkylation sites (tertiary alicyclic amines) is 1. The molecule has 1 fully saturated rings. The number of amides is 1. The fourth-order valence-corrected chi connectivity index (χ4v) is 3.84. The Bertz CT molecular complexity index is 967. The highest BCUT2D eigenvalue weighted by atomic mass is 35.5. The standard InChI is InChI=1S/C23H24ClN3O2/c1-2-3-5-16-7-9-18(10-8-16)23(28)27-15-4-6-20(27)22-25-21(26-29-22)17-11-13-19(24)14-12-17/h7-14,20H,2-6,15H2,1H3/t20-/m1/s1. The average molecular weight is 410 g/mol. The molecule has 1 saturated heterocycles. The summed E-state index contributed by atoms with van der Waals surface area (Å²) >= 11 is 5.95. The summed E-state index contributed by atoms with van der Waals surface area (Å²) in [7, 11) is 0. The molecule has 2 heterocycles. The van der Waals surface area contributed by atoms with Crippen molar-refractivity contribution >= 4 is 17.5 Å². The number of aromatic nitrogens is 2. The third kappa shape index (κ3) is 4.35. The van der Waals surface area contributed by atoms with Crippen LogP contribution in [0.3, 0.4) is 0 Å². The minimum absolute atomic E-state index is 0.0146. The van der Waals surface area contributed by atoms with Crippen LogP contribution in [0, 0.1) is 0 Å². The fourth-order valence-electron chi connectivity index (χ4n) is 3.71. The molecule has 1 aliphatic heterocycles. The maximum atomic E-state index is 13.1. The highest BCUT2D eigenvalue weighted by molar-refractivity contribution is 6.30. The quantitative estimate of drug-likeness (QED) is 0.523. The molecule has 29 heavy (non-hydrogen) atoms. The summed E-state index contributed by atoms with van der Waals surface area (Å²) in [6, 6.07) is 15.1. The molecule has 1 aliphatic rings. The van der Waals surface area contributed by atoms with Gasteiger partial charge >= 0.3 is 0 Å². The van der Waals surface area contributed by atoms with E-state index >= 15 is 0 Å². The second kappa shape index (κ2) is 8.78. The van der Waals surface area contributed by atoms with Gasteiger partial charge in [-0.2, -0.15) is 4.98 Å². The van der Waals surface area contributed by atoms with Crippen molar-refractivity contribution in [2.75, 3.05) is 6.54 Å². The van der Waals surface area contributed by atoms with Gasteiger partial charge in [0.2, 0.25) is 11.7 Å². The number of rotatable bonds is 6. The fraction of sp³-hybridized carbons (Fsp3) is 0.348. The van der Waals surface area contributed by atoms with Gasteiger partial charge in [0.1, 0.15) is 6.04 Å². The van der Waals surface area contributed by atoms with Gasteiger partial charge in [-0.1, -0.05) is 42.2 Å². The van der Waals surface area contributed by atoms with Crippen molar-refractivity contribution in [1.29, 1.82) is 0 Å². The lowest BCUT2D eigenvalue weighted by atomic mass is 10.1. The Kier molecular flexibility index (Phi) is 5.95. The first-order valence-corrected chi connectivity index (χ1v) is 10.5. The molecular formula is C23H24ClN3O2. The molecule has 150 valence electrons. The third-order valence-electron chi connectivity index (χ3n) is 5.36. The number of carbonyl (C=O) groups is 1. The summed E-state index contributed by atoms with van der Waals surface area (Å²) in [5.74, 6) is 1.01. The van der Waals surface area contributed by atoms with E-state index in [-0.39, 0.29) is 11.9 Å². The van der Waals surface area contributed by atoms with E-state index in [1.165, 1.54) is 12.0 Å². The molecule has 1 aromatic heterocycles. The minimum atomic E-state index is -0.184. The molecule has 0 saturated carbocycles. The van der Waals surface area contributed by atoms with Gasteiger partial charge in [0.05, 0.1) is 0 Å². The molecular weight excluding hydrogens is 386 g/mol. The first-order valence-electron chi connectivity index (χ1n) is 10.1. The van der Waals surface area contributed by atoms with Crippen LogP contribution < -0.4 is 0 Å². The molecule has 0 radical (unpaired) electrons. The van der Waals surface area contributed by atoms with E-state index in [2.05, 4.69) is 29.2 Å². The predicted octanol–water partition coefficient (Wildman–Crippen LogP) is 5.71. The number of carbonyl (C=O) groups excluding carboxylic acids is 1. The SMILES string of the molecule is CCCCc1ccc(C(=O)N2CCC[C@@H]2c2nc(-c3ccc(Cl)cc3)no2)cc1. The summed E-state index contributed by atoms with van der Waals surface area (Å²) < 4.78 is 5.52. The van der Waals surface area contributed by atoms with Crippen LogP contribution in [0.4, 0.5) is 0 Å². The summed E-state index contributed by atoms with van der Waals surface area (Å²) in [6.45, 7) is 2.88. The average Bonchev–Trinajstić information content (AvgIpc) is 3.42. The van der Waals surface area contributed by atoms with Crippen molar-refractivity contribution < 1.29 is 9.32 Å². The van der Waals surface area contributed by atoms with E-state index in [0.717, 1.165) is 31.2 Å². The zero-order chi connectivity index (χ0) is 20.2. The molecule has 2 aromatic carbocycles. The second-order valence-electron chi connectivity index (χ2n) is 7.42. The number of halogens is 1. The smallest absolute Gasteiger partial charge is 0.254 e. The Hall–Kier alpha value is -2.66. The molecule has 0 N–H and O–H groups in total. The number of hydrogen-bond donors (Lipinski definition) is 0. The Morgan fingerprint density at radius 2 is 1.93 bits per heavy atom. The van der Waals surface area contributed by atoms with Crippen LogP contribution in [-0.4, -0.2) is 27.5 Å². The summed E-state index contributed by atoms with van der Waals surface area (Å²) in [5, 5.41) is 4.76. The summed E-state index contributed by atoms with van der Waals surface area (Å²) in [4.78, 5) is 19.5. The van der Waals surface area contributed by atoms with Crippen molar-refractivity contribution in [1.82, 2.24) is 15.0 Å². The van der Waals surface area contributed by atoms with Gasteiger partial charge in [0.15, 0.2) is 0 Å². The van der Waals surface area contributed by atoms with Crippen LogP contribution in [-0.2, 0) is 6.42 Å². The first kappa shape index (κ1) is 19.6. The number of unbranched alkanes of at least 4 members (excludes halogenated alkanes) is 1. The number of hydrogen-bond acceptors (Lipinski definition) is 4. The van der Waals surface area contributed by atoms with Crippen molar-refractivity contribution in [3.05, 3.63) is 70.6 Å². The van der Waals surface area contributed by atoms with E-state index in [9.17, 15) is 4.79 Å². The van der Waals surface area contributed by atoms with Gasteiger partial charge in [-0.15, -0.1) is 0 Å². The van der Waals surface area contributed by atoms with Crippen molar-refractivity contribution in [2.24, 2.45) is 0 Å². The molecule has 0 aliphatic carbocycles. The lowest BCUT2D eigenvalue weighted by Gasteiger charge is -2.22. The Labute approximate surface area is 175 Å². The van der Waals surface area contributed by atoms with Crippen LogP contribution in [0.5, 0.6) is 0 Å². The van der Waals surface area contributed by atoms with Gasteiger partial charge < -0.3 is 9.42 Å². The van der Waals surface area contributed by atoms with E-state index < -0.39 is 0 Å². The monoisotopic (exact) mass is 409 g/mol. The lowest BCUT2D eigenvalue weighted by molar-refractivity contribution is 0.0710. The minimum Gasteiger partial charge on any atom is -0.337 e. The molecule has 4 rings (SSSR count). The highest BCUT2D eigenvalue weighted by Crippen LogP contribution is 2.33. The van der Waals surface area contributed by atoms with E-state index in [1.54, 1.807) is 12.1 Å². The predicted molar refractivity (Wildman–Crippen MR) is 113 cm³/mol. The summed E-state index contributed by atoms with van der Waals surface area (Å²) in [5.41, 5.74) is 2.81. The Morgan fingerprint density at radius 3 is 2.66 bits per heavy atom. The van der Waals surface area contributed by atoms with Crippen molar-refractivity contribution in [2.45, 2.75) is 45.1 Å². The van der Waals surface area contributed by atoms with Crippen LogP contribution in [0.25, 0.3) is 11.4 Å².